The van der Waals surface area contributed by atoms with Crippen molar-refractivity contribution in [3.63, 3.8) is 0 Å². The molecule has 4 fully saturated rings. The number of nitrogens with zero attached hydrogens (tertiary/aromatic N) is 1. The van der Waals surface area contributed by atoms with Gasteiger partial charge in [-0.25, -0.2) is 4.79 Å². The minimum absolute atomic E-state index is 0.0271. The summed E-state index contributed by atoms with van der Waals surface area (Å²) in [4.78, 5) is 28.4. The summed E-state index contributed by atoms with van der Waals surface area (Å²) in [5.74, 6) is 1.44. The molecule has 2 aliphatic heterocycles. The van der Waals surface area contributed by atoms with Crippen molar-refractivity contribution in [2.24, 2.45) is 5.92 Å². The lowest BCUT2D eigenvalue weighted by Crippen LogP contribution is -2.64. The second-order valence-corrected chi connectivity index (χ2v) is 13.1. The van der Waals surface area contributed by atoms with Gasteiger partial charge in [-0.3, -0.25) is 9.69 Å². The number of benzene rings is 3. The zero-order valence-corrected chi connectivity index (χ0v) is 23.4. The molecular weight excluding hydrogens is 530 g/mol. The lowest BCUT2D eigenvalue weighted by molar-refractivity contribution is -0.148. The van der Waals surface area contributed by atoms with E-state index in [-0.39, 0.29) is 29.7 Å². The highest BCUT2D eigenvalue weighted by atomic mass is 16.7. The molecule has 1 saturated heterocycles. The lowest BCUT2D eigenvalue weighted by atomic mass is 9.59. The van der Waals surface area contributed by atoms with Gasteiger partial charge >= 0.3 is 6.16 Å². The number of hydrogen-bond donors (Lipinski definition) is 1. The predicted octanol–water partition coefficient (Wildman–Crippen LogP) is 5.30. The van der Waals surface area contributed by atoms with E-state index < -0.39 is 23.3 Å². The van der Waals surface area contributed by atoms with E-state index in [0.717, 1.165) is 24.1 Å². The summed E-state index contributed by atoms with van der Waals surface area (Å²) in [6.45, 7) is 1.23. The molecule has 6 unspecified atom stereocenters. The number of piperidine rings is 1. The Morgan fingerprint density at radius 2 is 1.81 bits per heavy atom. The van der Waals surface area contributed by atoms with Crippen LogP contribution in [0.4, 0.5) is 4.79 Å². The number of Topliss-reactive ketones (excluding diaryl/α,β-unsaturated/α-hetero) is 1. The second kappa shape index (κ2) is 8.45. The summed E-state index contributed by atoms with van der Waals surface area (Å²) in [7, 11) is 0. The van der Waals surface area contributed by atoms with Gasteiger partial charge in [0.2, 0.25) is 0 Å². The highest BCUT2D eigenvalue weighted by Gasteiger charge is 2.91. The zero-order valence-electron chi connectivity index (χ0n) is 23.4. The number of likely N-dealkylation sites (tertiary alicyclic amines) is 1. The van der Waals surface area contributed by atoms with Gasteiger partial charge in [0, 0.05) is 18.5 Å². The van der Waals surface area contributed by atoms with Gasteiger partial charge in [0.25, 0.3) is 0 Å². The van der Waals surface area contributed by atoms with Crippen molar-refractivity contribution in [2.75, 3.05) is 13.2 Å². The van der Waals surface area contributed by atoms with Crippen molar-refractivity contribution in [2.45, 2.75) is 73.6 Å². The van der Waals surface area contributed by atoms with E-state index in [4.69, 9.17) is 14.2 Å². The molecule has 3 aromatic carbocycles. The van der Waals surface area contributed by atoms with Gasteiger partial charge in [0.1, 0.15) is 0 Å². The molecule has 42 heavy (non-hydrogen) atoms. The normalized spacial score (nSPS) is 34.0. The summed E-state index contributed by atoms with van der Waals surface area (Å²) in [6, 6.07) is 22.5. The number of aliphatic hydroxyl groups is 1. The van der Waals surface area contributed by atoms with Gasteiger partial charge in [0.05, 0.1) is 29.2 Å². The molecule has 3 saturated carbocycles. The molecule has 1 N–H and O–H groups in total. The minimum Gasteiger partial charge on any atom is -0.477 e. The second-order valence-electron chi connectivity index (χ2n) is 13.1. The van der Waals surface area contributed by atoms with Crippen LogP contribution in [0.25, 0.3) is 11.1 Å². The van der Waals surface area contributed by atoms with Crippen molar-refractivity contribution in [3.8, 4) is 22.6 Å². The third-order valence-corrected chi connectivity index (χ3v) is 11.0. The van der Waals surface area contributed by atoms with E-state index >= 15 is 0 Å². The Bertz CT molecular complexity index is 1630. The monoisotopic (exact) mass is 563 g/mol. The first-order valence-electron chi connectivity index (χ1n) is 15.3. The number of ketones is 1. The van der Waals surface area contributed by atoms with Crippen molar-refractivity contribution in [1.82, 2.24) is 4.90 Å². The highest BCUT2D eigenvalue weighted by Crippen LogP contribution is 2.82. The van der Waals surface area contributed by atoms with Gasteiger partial charge in [-0.2, -0.15) is 0 Å². The van der Waals surface area contributed by atoms with Crippen molar-refractivity contribution in [1.29, 1.82) is 0 Å². The first-order valence-corrected chi connectivity index (χ1v) is 15.3. The molecule has 7 heteroatoms. The van der Waals surface area contributed by atoms with Crippen LogP contribution in [0.1, 0.15) is 55.2 Å². The van der Waals surface area contributed by atoms with Crippen LogP contribution in [-0.2, 0) is 26.9 Å². The fourth-order valence-electron chi connectivity index (χ4n) is 9.04. The largest absolute Gasteiger partial charge is 0.513 e. The first-order chi connectivity index (χ1) is 20.5. The quantitative estimate of drug-likeness (QED) is 0.172. The van der Waals surface area contributed by atoms with Crippen molar-refractivity contribution >= 4 is 11.9 Å². The first kappa shape index (κ1) is 24.9. The van der Waals surface area contributed by atoms with Crippen LogP contribution in [0.5, 0.6) is 11.5 Å². The van der Waals surface area contributed by atoms with Crippen molar-refractivity contribution < 1.29 is 28.9 Å². The standard InChI is InChI=1S/C35H33NO6/c37-26-16-17-35(39)31-34(36(31)19-22-8-9-22)20-33(35)28-25(34)14-15-27(29(28)42-30(26)33)41-32(38)40-18-4-5-21-10-12-24(13-11-21)23-6-2-1-3-7-23/h1-3,6-7,10-15,22,30-31,39H,4-5,8-9,16-20H2. The molecule has 4 aliphatic carbocycles. The maximum atomic E-state index is 13.2. The van der Waals surface area contributed by atoms with E-state index in [1.807, 2.05) is 24.3 Å². The maximum Gasteiger partial charge on any atom is 0.513 e. The molecule has 0 aromatic heterocycles. The van der Waals surface area contributed by atoms with Gasteiger partial charge in [-0.1, -0.05) is 60.7 Å². The summed E-state index contributed by atoms with van der Waals surface area (Å²) in [5.41, 5.74) is 3.58. The third-order valence-electron chi connectivity index (χ3n) is 11.0. The Morgan fingerprint density at radius 3 is 2.60 bits per heavy atom. The third kappa shape index (κ3) is 3.13. The Hall–Kier alpha value is -3.68. The van der Waals surface area contributed by atoms with Crippen LogP contribution in [0.3, 0.4) is 0 Å². The van der Waals surface area contributed by atoms with E-state index in [9.17, 15) is 14.7 Å². The molecule has 2 heterocycles. The summed E-state index contributed by atoms with van der Waals surface area (Å²) in [6.07, 6.45) is 3.90. The van der Waals surface area contributed by atoms with Crippen LogP contribution in [0, 0.1) is 5.92 Å². The number of ether oxygens (including phenoxy) is 3. The topological polar surface area (TPSA) is 85.1 Å². The molecule has 0 amide bonds. The van der Waals surface area contributed by atoms with Crippen molar-refractivity contribution in [3.05, 3.63) is 83.4 Å². The Morgan fingerprint density at radius 1 is 1.02 bits per heavy atom. The summed E-state index contributed by atoms with van der Waals surface area (Å²) < 4.78 is 17.4. The molecular formula is C35H33NO6. The SMILES string of the molecule is O=C(OCCCc1ccc(-c2ccccc2)cc1)Oc1ccc2c3c1OC1C(=O)CCC4(O)C5N(CC6CC6)C25CC314. The van der Waals surface area contributed by atoms with Crippen LogP contribution in [0.2, 0.25) is 0 Å². The molecule has 6 aliphatic rings. The maximum absolute atomic E-state index is 13.2. The molecule has 6 atom stereocenters. The Balaban J connectivity index is 0.897. The van der Waals surface area contributed by atoms with Gasteiger partial charge in [0.15, 0.2) is 23.4 Å². The summed E-state index contributed by atoms with van der Waals surface area (Å²) in [5, 5.41) is 12.2. The number of rotatable bonds is 8. The molecule has 0 radical (unpaired) electrons. The van der Waals surface area contributed by atoms with Crippen LogP contribution in [0.15, 0.2) is 66.7 Å². The Labute approximate surface area is 244 Å². The fraction of sp³-hybridized carbons (Fsp3) is 0.429. The average molecular weight is 564 g/mol. The molecule has 214 valence electrons. The minimum atomic E-state index is -1.00. The van der Waals surface area contributed by atoms with Gasteiger partial charge in [-0.15, -0.1) is 0 Å². The number of carbonyl (C=O) groups excluding carboxylic acids is 2. The smallest absolute Gasteiger partial charge is 0.477 e. The molecule has 7 nitrogen and oxygen atoms in total. The lowest BCUT2D eigenvalue weighted by Gasteiger charge is -2.47. The molecule has 9 rings (SSSR count). The van der Waals surface area contributed by atoms with Gasteiger partial charge in [-0.05, 0) is 72.8 Å². The highest BCUT2D eigenvalue weighted by molar-refractivity contribution is 5.92. The number of fused-ring (bicyclic) bond motifs is 1. The number of aryl methyl sites for hydroxylation is 1. The average Bonchev–Trinajstić information content (AvgIpc) is 3.85. The van der Waals surface area contributed by atoms with E-state index in [2.05, 4.69) is 41.3 Å². The van der Waals surface area contributed by atoms with Crippen LogP contribution >= 0.6 is 0 Å². The fourth-order valence-corrected chi connectivity index (χ4v) is 9.04. The molecule has 3 aromatic rings. The van der Waals surface area contributed by atoms with E-state index in [0.29, 0.717) is 37.4 Å². The number of hydrogen-bond acceptors (Lipinski definition) is 7. The predicted molar refractivity (Wildman–Crippen MR) is 153 cm³/mol. The van der Waals surface area contributed by atoms with E-state index in [1.54, 1.807) is 6.07 Å². The van der Waals surface area contributed by atoms with Crippen LogP contribution < -0.4 is 9.47 Å². The number of carbonyl (C=O) groups is 2. The molecule has 2 bridgehead atoms. The Kier molecular flexibility index (Phi) is 5.01. The zero-order chi connectivity index (χ0) is 28.3. The van der Waals surface area contributed by atoms with Crippen LogP contribution in [-0.4, -0.2) is 52.8 Å². The van der Waals surface area contributed by atoms with E-state index in [1.165, 1.54) is 29.5 Å². The molecule has 2 spiro atoms. The van der Waals surface area contributed by atoms with Gasteiger partial charge < -0.3 is 19.3 Å². The summed E-state index contributed by atoms with van der Waals surface area (Å²) >= 11 is 0.